The molecule has 1 unspecified atom stereocenters. The van der Waals surface area contributed by atoms with Crippen molar-refractivity contribution in [1.82, 2.24) is 36.0 Å². The van der Waals surface area contributed by atoms with E-state index in [1.165, 1.54) is 4.88 Å². The van der Waals surface area contributed by atoms with Crippen molar-refractivity contribution in [2.45, 2.75) is 89.1 Å². The summed E-state index contributed by atoms with van der Waals surface area (Å²) in [4.78, 5) is 43.2. The lowest BCUT2D eigenvalue weighted by Gasteiger charge is -2.16. The molecule has 0 bridgehead atoms. The minimum absolute atomic E-state index is 0.0608. The second kappa shape index (κ2) is 20.8. The van der Waals surface area contributed by atoms with Gasteiger partial charge in [-0.3, -0.25) is 19.1 Å². The van der Waals surface area contributed by atoms with Gasteiger partial charge in [0.05, 0.1) is 50.6 Å². The number of aryl methyl sites for hydroxylation is 2. The first-order valence-corrected chi connectivity index (χ1v) is 21.8. The first-order chi connectivity index (χ1) is 27.2. The zero-order valence-corrected chi connectivity index (χ0v) is 34.8. The minimum Gasteiger partial charge on any atom is -0.379 e. The van der Waals surface area contributed by atoms with Gasteiger partial charge in [0, 0.05) is 64.8 Å². The van der Waals surface area contributed by atoms with Gasteiger partial charge in [0.1, 0.15) is 16.9 Å². The third-order valence-corrected chi connectivity index (χ3v) is 13.1. The van der Waals surface area contributed by atoms with Crippen LogP contribution in [-0.2, 0) is 23.8 Å². The summed E-state index contributed by atoms with van der Waals surface area (Å²) in [5.74, 6) is 2.31. The average Bonchev–Trinajstić information content (AvgIpc) is 3.91. The smallest absolute Gasteiger partial charge is 0.315 e. The minimum atomic E-state index is -0.516. The summed E-state index contributed by atoms with van der Waals surface area (Å²) >= 11 is 9.80. The Kier molecular flexibility index (Phi) is 15.6. The lowest BCUT2D eigenvalue weighted by Crippen LogP contribution is -2.36. The number of aliphatic imine (C=N–C) groups is 1. The van der Waals surface area contributed by atoms with Crippen molar-refractivity contribution in [3.8, 4) is 5.00 Å². The fraction of sp³-hybridized carbons (Fsp3) is 0.590. The Morgan fingerprint density at radius 1 is 0.893 bits per heavy atom. The molecular weight excluding hydrogens is 776 g/mol. The van der Waals surface area contributed by atoms with E-state index in [1.807, 2.05) is 47.5 Å². The van der Waals surface area contributed by atoms with Gasteiger partial charge in [0.25, 0.3) is 0 Å². The van der Waals surface area contributed by atoms with Crippen LogP contribution in [0.1, 0.15) is 84.2 Å². The topological polar surface area (TPSA) is 170 Å². The maximum atomic E-state index is 13.2. The highest BCUT2D eigenvalue weighted by Crippen LogP contribution is 2.39. The van der Waals surface area contributed by atoms with Crippen LogP contribution in [0.25, 0.3) is 5.00 Å². The molecule has 6 rings (SSSR count). The molecule has 1 aromatic carbocycles. The van der Waals surface area contributed by atoms with Gasteiger partial charge in [-0.05, 0) is 64.2 Å². The average molecular weight is 829 g/mol. The second-order valence-corrected chi connectivity index (χ2v) is 17.1. The Morgan fingerprint density at radius 2 is 1.57 bits per heavy atom. The van der Waals surface area contributed by atoms with Crippen LogP contribution < -0.4 is 21.3 Å². The van der Waals surface area contributed by atoms with E-state index in [1.54, 1.807) is 11.3 Å². The second-order valence-electron chi connectivity index (χ2n) is 14.2. The molecule has 4 N–H and O–H groups in total. The Hall–Kier alpha value is -3.54. The quantitative estimate of drug-likeness (QED) is 0.0807. The monoisotopic (exact) mass is 828 g/mol. The standard InChI is InChI=1S/C39H53ClN8O6S2/c1-24-25(2)56-38-34(24)35(27-10-12-28(40)13-11-27)43-29(37-47-46-26(3)48(37)38)22-33(50)42-15-7-17-53-19-21-54-20-18-52-16-6-14-41-32(49)9-5-4-8-31-36-30(23-55-31)44-39(51)45-36/h10-13,29-31,36H,4-9,14-23H2,1-3H3,(H,41,49)(H,42,50)(H2,44,45,51)/t29?,30-,31-,36-/m1/s1. The Balaban J connectivity index is 0.787. The molecule has 0 radical (unpaired) electrons. The van der Waals surface area contributed by atoms with Crippen LogP contribution in [0, 0.1) is 20.8 Å². The van der Waals surface area contributed by atoms with Crippen LogP contribution in [0.4, 0.5) is 4.79 Å². The maximum Gasteiger partial charge on any atom is 0.315 e. The van der Waals surface area contributed by atoms with Crippen LogP contribution in [0.2, 0.25) is 5.02 Å². The summed E-state index contributed by atoms with van der Waals surface area (Å²) < 4.78 is 18.9. The van der Waals surface area contributed by atoms with Crippen molar-refractivity contribution in [3.63, 3.8) is 0 Å². The predicted octanol–water partition coefficient (Wildman–Crippen LogP) is 4.98. The zero-order valence-electron chi connectivity index (χ0n) is 32.4. The summed E-state index contributed by atoms with van der Waals surface area (Å²) in [5.41, 5.74) is 3.93. The van der Waals surface area contributed by atoms with Crippen LogP contribution in [0.15, 0.2) is 29.3 Å². The number of nitrogens with zero attached hydrogens (tertiary/aromatic N) is 4. The normalized spacial score (nSPS) is 19.7. The number of amides is 4. The van der Waals surface area contributed by atoms with Crippen molar-refractivity contribution < 1.29 is 28.6 Å². The van der Waals surface area contributed by atoms with E-state index in [0.29, 0.717) is 81.7 Å². The molecule has 0 aliphatic carbocycles. The highest BCUT2D eigenvalue weighted by Gasteiger charge is 2.42. The number of unbranched alkanes of at least 4 members (excludes halogenated alkanes) is 1. The predicted molar refractivity (Wildman–Crippen MR) is 220 cm³/mol. The van der Waals surface area contributed by atoms with Gasteiger partial charge in [-0.15, -0.1) is 21.5 Å². The summed E-state index contributed by atoms with van der Waals surface area (Å²) in [7, 11) is 0. The number of ether oxygens (including phenoxy) is 3. The lowest BCUT2D eigenvalue weighted by molar-refractivity contribution is -0.122. The maximum absolute atomic E-state index is 13.2. The van der Waals surface area contributed by atoms with E-state index in [-0.39, 0.29) is 36.3 Å². The number of nitrogens with one attached hydrogen (secondary N) is 4. The summed E-state index contributed by atoms with van der Waals surface area (Å²) in [6.07, 6.45) is 4.91. The fourth-order valence-electron chi connectivity index (χ4n) is 7.09. The molecule has 4 amide bonds. The number of hydrogen-bond acceptors (Lipinski definition) is 11. The molecule has 56 heavy (non-hydrogen) atoms. The fourth-order valence-corrected chi connectivity index (χ4v) is 9.97. The van der Waals surface area contributed by atoms with E-state index in [4.69, 9.17) is 30.8 Å². The number of thiophene rings is 1. The number of benzene rings is 1. The number of rotatable bonds is 22. The summed E-state index contributed by atoms with van der Waals surface area (Å²) in [6, 6.07) is 7.52. The largest absolute Gasteiger partial charge is 0.379 e. The number of thioether (sulfide) groups is 1. The van der Waals surface area contributed by atoms with E-state index in [9.17, 15) is 14.4 Å². The van der Waals surface area contributed by atoms with Crippen LogP contribution in [0.3, 0.4) is 0 Å². The van der Waals surface area contributed by atoms with Crippen LogP contribution in [0.5, 0.6) is 0 Å². The lowest BCUT2D eigenvalue weighted by atomic mass is 9.99. The van der Waals surface area contributed by atoms with Crippen molar-refractivity contribution in [1.29, 1.82) is 0 Å². The van der Waals surface area contributed by atoms with Crippen molar-refractivity contribution in [3.05, 3.63) is 62.5 Å². The first-order valence-electron chi connectivity index (χ1n) is 19.5. The van der Waals surface area contributed by atoms with Gasteiger partial charge in [0.2, 0.25) is 11.8 Å². The molecule has 3 aliphatic rings. The highest BCUT2D eigenvalue weighted by molar-refractivity contribution is 8.00. The number of fused-ring (bicyclic) bond motifs is 4. The van der Waals surface area contributed by atoms with Crippen LogP contribution >= 0.6 is 34.7 Å². The highest BCUT2D eigenvalue weighted by atomic mass is 35.5. The summed E-state index contributed by atoms with van der Waals surface area (Å²) in [5, 5.41) is 22.9. The molecule has 2 saturated heterocycles. The van der Waals surface area contributed by atoms with E-state index < -0.39 is 6.04 Å². The molecule has 5 heterocycles. The van der Waals surface area contributed by atoms with E-state index >= 15 is 0 Å². The van der Waals surface area contributed by atoms with Crippen molar-refractivity contribution in [2.75, 3.05) is 58.5 Å². The molecule has 14 nitrogen and oxygen atoms in total. The Morgan fingerprint density at radius 3 is 2.29 bits per heavy atom. The van der Waals surface area contributed by atoms with Gasteiger partial charge < -0.3 is 35.5 Å². The molecule has 17 heteroatoms. The third kappa shape index (κ3) is 11.1. The SMILES string of the molecule is Cc1sc2c(c1C)C(c1ccc(Cl)cc1)=NC(CC(=O)NCCCOCCOCCOCCCNC(=O)CCCC[C@H]1SC[C@H]3NC(=O)N[C@H]31)c1nnc(C)n1-2. The number of urea groups is 1. The molecule has 3 aromatic rings. The van der Waals surface area contributed by atoms with Gasteiger partial charge in [0.15, 0.2) is 5.82 Å². The first kappa shape index (κ1) is 42.1. The van der Waals surface area contributed by atoms with Gasteiger partial charge >= 0.3 is 6.03 Å². The van der Waals surface area contributed by atoms with Crippen LogP contribution in [-0.4, -0.2) is 114 Å². The van der Waals surface area contributed by atoms with E-state index in [0.717, 1.165) is 64.7 Å². The molecule has 304 valence electrons. The Labute approximate surface area is 341 Å². The molecule has 4 atom stereocenters. The number of carbonyl (C=O) groups is 3. The number of halogens is 1. The van der Waals surface area contributed by atoms with Gasteiger partial charge in [-0.25, -0.2) is 4.79 Å². The third-order valence-electron chi connectivity index (χ3n) is 10.1. The molecule has 2 fully saturated rings. The van der Waals surface area contributed by atoms with E-state index in [2.05, 4.69) is 45.3 Å². The number of hydrogen-bond donors (Lipinski definition) is 4. The molecule has 2 aromatic heterocycles. The molecular formula is C39H53ClN8O6S2. The van der Waals surface area contributed by atoms with Gasteiger partial charge in [-0.2, -0.15) is 11.8 Å². The summed E-state index contributed by atoms with van der Waals surface area (Å²) in [6.45, 7) is 10.1. The molecule has 0 saturated carbocycles. The number of carbonyl (C=O) groups excluding carboxylic acids is 3. The van der Waals surface area contributed by atoms with Gasteiger partial charge in [-0.1, -0.05) is 30.2 Å². The number of aromatic nitrogens is 3. The zero-order chi connectivity index (χ0) is 39.4. The molecule has 3 aliphatic heterocycles. The Bertz CT molecular complexity index is 1840. The van der Waals surface area contributed by atoms with Crippen molar-refractivity contribution >= 4 is 58.3 Å². The molecule has 0 spiro atoms. The van der Waals surface area contributed by atoms with Crippen molar-refractivity contribution in [2.24, 2.45) is 4.99 Å².